The van der Waals surface area contributed by atoms with E-state index >= 15 is 0 Å². The van der Waals surface area contributed by atoms with Crippen LogP contribution in [0.3, 0.4) is 0 Å². The third kappa shape index (κ3) is 6.28. The number of aliphatic hydroxyl groups is 3. The minimum atomic E-state index is -2.20. The Morgan fingerprint density at radius 2 is 1.12 bits per heavy atom. The van der Waals surface area contributed by atoms with Crippen LogP contribution in [-0.2, 0) is 9.47 Å². The third-order valence-corrected chi connectivity index (χ3v) is 11.1. The van der Waals surface area contributed by atoms with E-state index in [0.29, 0.717) is 45.6 Å². The number of methoxy groups -OCH3 is 4. The molecule has 11 nitrogen and oxygen atoms in total. The fourth-order valence-corrected chi connectivity index (χ4v) is 8.17. The van der Waals surface area contributed by atoms with Gasteiger partial charge in [-0.3, -0.25) is 0 Å². The predicted octanol–water partition coefficient (Wildman–Crippen LogP) is 5.58. The first-order chi connectivity index (χ1) is 23.0. The zero-order valence-electron chi connectivity index (χ0n) is 27.1. The van der Waals surface area contributed by atoms with Gasteiger partial charge >= 0.3 is 0 Å². The van der Waals surface area contributed by atoms with E-state index in [1.807, 2.05) is 54.6 Å². The SMILES string of the molecule is COc1cccc(-c2cc(OC)ccc2OP[C@@]2(O)[C@H]3CO[C@@H]2[C@](O)(POc2ccc(OC)cc2-c2cccc(OC)c2)[C@@](C)(O)O3)c1. The number of fused-ring (bicyclic) bond motifs is 2. The van der Waals surface area contributed by atoms with E-state index in [2.05, 4.69) is 0 Å². The molecule has 3 N–H and O–H groups in total. The van der Waals surface area contributed by atoms with Gasteiger partial charge in [0.25, 0.3) is 0 Å². The highest BCUT2D eigenvalue weighted by atomic mass is 31.1. The molecule has 7 atom stereocenters. The quantitative estimate of drug-likeness (QED) is 0.160. The van der Waals surface area contributed by atoms with Crippen molar-refractivity contribution >= 4 is 17.6 Å². The Bertz CT molecular complexity index is 1770. The summed E-state index contributed by atoms with van der Waals surface area (Å²) in [6.07, 6.45) is -2.32. The maximum atomic E-state index is 12.2. The lowest BCUT2D eigenvalue weighted by atomic mass is 9.94. The van der Waals surface area contributed by atoms with Gasteiger partial charge in [-0.2, -0.15) is 0 Å². The first-order valence-electron chi connectivity index (χ1n) is 15.0. The molecule has 2 unspecified atom stereocenters. The zero-order valence-corrected chi connectivity index (χ0v) is 29.1. The van der Waals surface area contributed by atoms with Gasteiger partial charge in [-0.15, -0.1) is 0 Å². The highest BCUT2D eigenvalue weighted by molar-refractivity contribution is 7.36. The molecular weight excluding hydrogens is 658 g/mol. The van der Waals surface area contributed by atoms with Crippen LogP contribution in [0.15, 0.2) is 84.9 Å². The smallest absolute Gasteiger partial charge is 0.202 e. The van der Waals surface area contributed by atoms with E-state index in [-0.39, 0.29) is 6.61 Å². The van der Waals surface area contributed by atoms with Crippen molar-refractivity contribution in [1.82, 2.24) is 0 Å². The molecule has 2 aliphatic rings. The topological polar surface area (TPSA) is 135 Å². The number of ether oxygens (including phenoxy) is 6. The van der Waals surface area contributed by atoms with Crippen LogP contribution >= 0.6 is 17.6 Å². The molecular formula is C35H38O11P2. The summed E-state index contributed by atoms with van der Waals surface area (Å²) >= 11 is 0. The molecule has 0 saturated carbocycles. The molecule has 13 heteroatoms. The number of hydrogen-bond acceptors (Lipinski definition) is 11. The second kappa shape index (κ2) is 13.7. The summed E-state index contributed by atoms with van der Waals surface area (Å²) in [5.41, 5.74) is 2.95. The van der Waals surface area contributed by atoms with Crippen LogP contribution in [0, 0.1) is 0 Å². The summed E-state index contributed by atoms with van der Waals surface area (Å²) in [6.45, 7) is 1.26. The first-order valence-corrected chi connectivity index (χ1v) is 16.9. The number of rotatable bonds is 12. The van der Waals surface area contributed by atoms with E-state index < -0.39 is 46.3 Å². The average Bonchev–Trinajstić information content (AvgIpc) is 3.38. The summed E-state index contributed by atoms with van der Waals surface area (Å²) < 4.78 is 46.2. The maximum absolute atomic E-state index is 12.2. The van der Waals surface area contributed by atoms with Crippen molar-refractivity contribution in [2.45, 2.75) is 35.6 Å². The largest absolute Gasteiger partial charge is 0.497 e. The molecule has 0 radical (unpaired) electrons. The van der Waals surface area contributed by atoms with E-state index in [0.717, 1.165) is 11.1 Å². The van der Waals surface area contributed by atoms with Gasteiger partial charge in [-0.25, -0.2) is 0 Å². The van der Waals surface area contributed by atoms with Gasteiger partial charge in [0, 0.05) is 11.1 Å². The van der Waals surface area contributed by atoms with Gasteiger partial charge in [0.05, 0.1) is 35.0 Å². The lowest BCUT2D eigenvalue weighted by molar-refractivity contribution is -0.329. The zero-order chi connectivity index (χ0) is 34.1. The lowest BCUT2D eigenvalue weighted by Crippen LogP contribution is -2.70. The number of benzene rings is 4. The number of hydrogen-bond donors (Lipinski definition) is 3. The van der Waals surface area contributed by atoms with Crippen LogP contribution in [0.1, 0.15) is 6.92 Å². The Kier molecular flexibility index (Phi) is 9.76. The summed E-state index contributed by atoms with van der Waals surface area (Å²) in [7, 11) is 4.81. The van der Waals surface area contributed by atoms with E-state index in [1.165, 1.54) is 6.92 Å². The van der Waals surface area contributed by atoms with Crippen molar-refractivity contribution in [3.05, 3.63) is 84.9 Å². The second-order valence-electron chi connectivity index (χ2n) is 11.5. The van der Waals surface area contributed by atoms with Crippen LogP contribution in [0.5, 0.6) is 34.5 Å². The summed E-state index contributed by atoms with van der Waals surface area (Å²) in [5, 5.41) is 31.8. The van der Waals surface area contributed by atoms with Gasteiger partial charge in [0.15, 0.2) is 10.7 Å². The molecule has 0 amide bonds. The summed E-state index contributed by atoms with van der Waals surface area (Å²) in [4.78, 5) is 0. The Balaban J connectivity index is 1.29. The van der Waals surface area contributed by atoms with Gasteiger partial charge in [0.1, 0.15) is 64.3 Å². The maximum Gasteiger partial charge on any atom is 0.202 e. The molecule has 0 spiro atoms. The van der Waals surface area contributed by atoms with Crippen LogP contribution in [0.4, 0.5) is 0 Å². The minimum Gasteiger partial charge on any atom is -0.497 e. The van der Waals surface area contributed by atoms with Crippen LogP contribution in [0.25, 0.3) is 22.3 Å². The predicted molar refractivity (Wildman–Crippen MR) is 183 cm³/mol. The molecule has 2 fully saturated rings. The van der Waals surface area contributed by atoms with Crippen molar-refractivity contribution in [3.8, 4) is 56.8 Å². The second-order valence-corrected chi connectivity index (χ2v) is 13.9. The summed E-state index contributed by atoms with van der Waals surface area (Å²) in [6, 6.07) is 25.5. The molecule has 0 aromatic heterocycles. The molecule has 0 aliphatic carbocycles. The van der Waals surface area contributed by atoms with Crippen molar-refractivity contribution in [2.75, 3.05) is 35.0 Å². The van der Waals surface area contributed by atoms with Crippen molar-refractivity contribution in [3.63, 3.8) is 0 Å². The molecule has 48 heavy (non-hydrogen) atoms. The fourth-order valence-electron chi connectivity index (χ4n) is 5.80. The fraction of sp³-hybridized carbons (Fsp3) is 0.314. The molecule has 6 rings (SSSR count). The molecule has 4 aromatic rings. The van der Waals surface area contributed by atoms with Crippen LogP contribution < -0.4 is 28.0 Å². The van der Waals surface area contributed by atoms with Crippen LogP contribution in [0.2, 0.25) is 0 Å². The van der Waals surface area contributed by atoms with Gasteiger partial charge < -0.3 is 52.8 Å². The van der Waals surface area contributed by atoms with Crippen molar-refractivity contribution in [2.24, 2.45) is 0 Å². The highest BCUT2D eigenvalue weighted by Gasteiger charge is 2.73. The van der Waals surface area contributed by atoms with Gasteiger partial charge in [-0.05, 0) is 78.7 Å². The molecule has 254 valence electrons. The van der Waals surface area contributed by atoms with Crippen LogP contribution in [-0.4, -0.2) is 79.0 Å². The van der Waals surface area contributed by atoms with Crippen molar-refractivity contribution in [1.29, 1.82) is 0 Å². The molecule has 2 saturated heterocycles. The first kappa shape index (κ1) is 34.2. The normalized spacial score (nSPS) is 26.6. The van der Waals surface area contributed by atoms with Gasteiger partial charge in [-0.1, -0.05) is 24.3 Å². The highest BCUT2D eigenvalue weighted by Crippen LogP contribution is 2.60. The Morgan fingerprint density at radius 1 is 0.646 bits per heavy atom. The van der Waals surface area contributed by atoms with E-state index in [1.54, 1.807) is 58.8 Å². The Hall–Kier alpha value is -3.66. The van der Waals surface area contributed by atoms with Crippen molar-refractivity contribution < 1.29 is 52.8 Å². The standard InChI is InChI=1S/C35H38O11P2/c1-33(36)35(38,48-46-30-15-13-26(42-5)19-28(30)22-9-7-11-24(17-22)40-3)32-34(37,31(44-33)20-43-32)47-45-29-14-12-25(41-4)18-27(29)21-8-6-10-23(16-21)39-2/h6-19,31-32,36-38,47-48H,20H2,1-5H3/t31-,32+,33+,34+,35+/m1/s1. The Morgan fingerprint density at radius 3 is 1.62 bits per heavy atom. The molecule has 2 aliphatic heterocycles. The minimum absolute atomic E-state index is 0.0799. The monoisotopic (exact) mass is 696 g/mol. The Labute approximate surface area is 282 Å². The lowest BCUT2D eigenvalue weighted by Gasteiger charge is -2.52. The van der Waals surface area contributed by atoms with Gasteiger partial charge in [0.2, 0.25) is 5.79 Å². The summed E-state index contributed by atoms with van der Waals surface area (Å²) in [5.74, 6) is 1.23. The average molecular weight is 697 g/mol. The molecule has 2 heterocycles. The third-order valence-electron chi connectivity index (χ3n) is 8.54. The van der Waals surface area contributed by atoms with E-state index in [9.17, 15) is 15.3 Å². The molecule has 2 bridgehead atoms. The molecule has 4 aromatic carbocycles. The van der Waals surface area contributed by atoms with E-state index in [4.69, 9.17) is 37.5 Å².